The SMILES string of the molecule is COc1cc[c]cc1CCN(C)C. The van der Waals surface area contributed by atoms with E-state index in [2.05, 4.69) is 25.1 Å². The average molecular weight is 178 g/mol. The Kier molecular flexibility index (Phi) is 3.77. The van der Waals surface area contributed by atoms with E-state index >= 15 is 0 Å². The Morgan fingerprint density at radius 1 is 1.46 bits per heavy atom. The Bertz CT molecular complexity index is 258. The summed E-state index contributed by atoms with van der Waals surface area (Å²) >= 11 is 0. The van der Waals surface area contributed by atoms with Gasteiger partial charge in [-0.25, -0.2) is 0 Å². The highest BCUT2D eigenvalue weighted by molar-refractivity contribution is 5.32. The zero-order valence-electron chi connectivity index (χ0n) is 8.50. The molecule has 0 heterocycles. The molecule has 0 fully saturated rings. The van der Waals surface area contributed by atoms with Crippen molar-refractivity contribution in [2.45, 2.75) is 6.42 Å². The first kappa shape index (κ1) is 10.1. The van der Waals surface area contributed by atoms with Gasteiger partial charge in [-0.05, 0) is 44.3 Å². The lowest BCUT2D eigenvalue weighted by molar-refractivity contribution is 0.392. The molecule has 0 aliphatic heterocycles. The van der Waals surface area contributed by atoms with Gasteiger partial charge in [0.25, 0.3) is 0 Å². The molecule has 1 aromatic carbocycles. The van der Waals surface area contributed by atoms with Gasteiger partial charge in [0.2, 0.25) is 0 Å². The molecule has 2 nitrogen and oxygen atoms in total. The van der Waals surface area contributed by atoms with Gasteiger partial charge < -0.3 is 9.64 Å². The maximum Gasteiger partial charge on any atom is 0.122 e. The minimum Gasteiger partial charge on any atom is -0.496 e. The summed E-state index contributed by atoms with van der Waals surface area (Å²) in [5.74, 6) is 0.959. The minimum atomic E-state index is 0.959. The van der Waals surface area contributed by atoms with Gasteiger partial charge in [-0.1, -0.05) is 6.07 Å². The van der Waals surface area contributed by atoms with Crippen LogP contribution in [0.4, 0.5) is 0 Å². The first-order chi connectivity index (χ1) is 6.24. The van der Waals surface area contributed by atoms with Gasteiger partial charge in [0.05, 0.1) is 7.11 Å². The molecular formula is C11H16NO. The van der Waals surface area contributed by atoms with Gasteiger partial charge in [0.1, 0.15) is 5.75 Å². The average Bonchev–Trinajstić information content (AvgIpc) is 2.15. The monoisotopic (exact) mass is 178 g/mol. The molecule has 0 atom stereocenters. The molecule has 0 saturated carbocycles. The molecule has 0 amide bonds. The molecule has 0 aromatic heterocycles. The van der Waals surface area contributed by atoms with Gasteiger partial charge >= 0.3 is 0 Å². The largest absolute Gasteiger partial charge is 0.496 e. The van der Waals surface area contributed by atoms with Crippen molar-refractivity contribution < 1.29 is 4.74 Å². The zero-order valence-corrected chi connectivity index (χ0v) is 8.50. The van der Waals surface area contributed by atoms with Gasteiger partial charge in [-0.2, -0.15) is 0 Å². The summed E-state index contributed by atoms with van der Waals surface area (Å²) in [6.07, 6.45) is 1.01. The van der Waals surface area contributed by atoms with Crippen LogP contribution in [0.15, 0.2) is 18.2 Å². The van der Waals surface area contributed by atoms with E-state index in [1.807, 2.05) is 18.2 Å². The van der Waals surface area contributed by atoms with Gasteiger partial charge in [0, 0.05) is 6.54 Å². The molecule has 0 saturated heterocycles. The third-order valence-corrected chi connectivity index (χ3v) is 1.95. The molecule has 13 heavy (non-hydrogen) atoms. The lowest BCUT2D eigenvalue weighted by atomic mass is 10.1. The van der Waals surface area contributed by atoms with Crippen LogP contribution in [0.1, 0.15) is 5.56 Å². The molecule has 1 aromatic rings. The first-order valence-electron chi connectivity index (χ1n) is 4.41. The summed E-state index contributed by atoms with van der Waals surface area (Å²) in [7, 11) is 5.84. The molecule has 0 unspecified atom stereocenters. The third kappa shape index (κ3) is 3.07. The van der Waals surface area contributed by atoms with Crippen LogP contribution in [0, 0.1) is 6.07 Å². The van der Waals surface area contributed by atoms with E-state index < -0.39 is 0 Å². The van der Waals surface area contributed by atoms with Crippen LogP contribution in [-0.2, 0) is 6.42 Å². The van der Waals surface area contributed by atoms with E-state index in [9.17, 15) is 0 Å². The van der Waals surface area contributed by atoms with Gasteiger partial charge in [-0.3, -0.25) is 0 Å². The van der Waals surface area contributed by atoms with Gasteiger partial charge in [0.15, 0.2) is 0 Å². The normalized spacial score (nSPS) is 10.5. The third-order valence-electron chi connectivity index (χ3n) is 1.95. The summed E-state index contributed by atoms with van der Waals surface area (Å²) in [5.41, 5.74) is 1.22. The fourth-order valence-electron chi connectivity index (χ4n) is 1.19. The minimum absolute atomic E-state index is 0.959. The maximum atomic E-state index is 5.24. The van der Waals surface area contributed by atoms with E-state index in [4.69, 9.17) is 4.74 Å². The molecule has 0 spiro atoms. The smallest absolute Gasteiger partial charge is 0.122 e. The second kappa shape index (κ2) is 4.87. The van der Waals surface area contributed by atoms with Crippen LogP contribution in [0.2, 0.25) is 0 Å². The summed E-state index contributed by atoms with van der Waals surface area (Å²) < 4.78 is 5.24. The Balaban J connectivity index is 2.64. The van der Waals surface area contributed by atoms with Crippen LogP contribution in [0.3, 0.4) is 0 Å². The van der Waals surface area contributed by atoms with Crippen molar-refractivity contribution >= 4 is 0 Å². The number of rotatable bonds is 4. The maximum absolute atomic E-state index is 5.24. The van der Waals surface area contributed by atoms with Gasteiger partial charge in [-0.15, -0.1) is 0 Å². The van der Waals surface area contributed by atoms with Crippen molar-refractivity contribution in [3.8, 4) is 5.75 Å². The van der Waals surface area contributed by atoms with Crippen LogP contribution in [0.5, 0.6) is 5.75 Å². The molecule has 0 bridgehead atoms. The first-order valence-corrected chi connectivity index (χ1v) is 4.41. The number of hydrogen-bond donors (Lipinski definition) is 0. The molecule has 2 heteroatoms. The van der Waals surface area contributed by atoms with Crippen LogP contribution >= 0.6 is 0 Å². The molecular weight excluding hydrogens is 162 g/mol. The van der Waals surface area contributed by atoms with Crippen molar-refractivity contribution in [2.75, 3.05) is 27.7 Å². The summed E-state index contributed by atoms with van der Waals surface area (Å²) in [5, 5.41) is 0. The number of hydrogen-bond acceptors (Lipinski definition) is 2. The highest BCUT2D eigenvalue weighted by Crippen LogP contribution is 2.17. The van der Waals surface area contributed by atoms with Crippen LogP contribution in [0.25, 0.3) is 0 Å². The number of methoxy groups -OCH3 is 1. The Morgan fingerprint density at radius 3 is 2.85 bits per heavy atom. The van der Waals surface area contributed by atoms with Crippen molar-refractivity contribution in [2.24, 2.45) is 0 Å². The van der Waals surface area contributed by atoms with Crippen molar-refractivity contribution in [1.82, 2.24) is 4.90 Å². The van der Waals surface area contributed by atoms with E-state index in [0.29, 0.717) is 0 Å². The Hall–Kier alpha value is -1.02. The number of ether oxygens (including phenoxy) is 1. The lowest BCUT2D eigenvalue weighted by Gasteiger charge is -2.11. The van der Waals surface area contributed by atoms with E-state index in [1.165, 1.54) is 5.56 Å². The predicted octanol–water partition coefficient (Wildman–Crippen LogP) is 1.60. The summed E-state index contributed by atoms with van der Waals surface area (Å²) in [6.45, 7) is 1.04. The molecule has 0 aliphatic rings. The number of likely N-dealkylation sites (N-methyl/N-ethyl adjacent to an activating group) is 1. The Morgan fingerprint density at radius 2 is 2.23 bits per heavy atom. The Labute approximate surface area is 80.1 Å². The summed E-state index contributed by atoms with van der Waals surface area (Å²) in [6, 6.07) is 8.87. The zero-order chi connectivity index (χ0) is 9.68. The molecule has 0 aliphatic carbocycles. The van der Waals surface area contributed by atoms with E-state index in [0.717, 1.165) is 18.7 Å². The topological polar surface area (TPSA) is 12.5 Å². The fourth-order valence-corrected chi connectivity index (χ4v) is 1.19. The lowest BCUT2D eigenvalue weighted by Crippen LogP contribution is -2.15. The second-order valence-corrected chi connectivity index (χ2v) is 3.29. The molecule has 1 radical (unpaired) electrons. The van der Waals surface area contributed by atoms with Crippen LogP contribution in [-0.4, -0.2) is 32.6 Å². The van der Waals surface area contributed by atoms with Crippen molar-refractivity contribution in [1.29, 1.82) is 0 Å². The predicted molar refractivity (Wildman–Crippen MR) is 54.1 cm³/mol. The van der Waals surface area contributed by atoms with Crippen LogP contribution < -0.4 is 4.74 Å². The molecule has 0 N–H and O–H groups in total. The fraction of sp³-hybridized carbons (Fsp3) is 0.455. The second-order valence-electron chi connectivity index (χ2n) is 3.29. The highest BCUT2D eigenvalue weighted by Gasteiger charge is 2.01. The van der Waals surface area contributed by atoms with Crippen molar-refractivity contribution in [3.05, 3.63) is 29.8 Å². The highest BCUT2D eigenvalue weighted by atomic mass is 16.5. The molecule has 1 rings (SSSR count). The summed E-state index contributed by atoms with van der Waals surface area (Å²) in [4.78, 5) is 2.16. The van der Waals surface area contributed by atoms with E-state index in [1.54, 1.807) is 7.11 Å². The van der Waals surface area contributed by atoms with E-state index in [-0.39, 0.29) is 0 Å². The molecule has 71 valence electrons. The standard InChI is InChI=1S/C11H16NO/c1-12(2)9-8-10-6-4-5-7-11(10)13-3/h5-7H,8-9H2,1-3H3. The number of benzene rings is 1. The number of nitrogens with zero attached hydrogens (tertiary/aromatic N) is 1. The quantitative estimate of drug-likeness (QED) is 0.694. The van der Waals surface area contributed by atoms with Crippen molar-refractivity contribution in [3.63, 3.8) is 0 Å².